The maximum atomic E-state index is 13.5. The Bertz CT molecular complexity index is 402. The number of rotatable bonds is 3. The Labute approximate surface area is 100 Å². The van der Waals surface area contributed by atoms with Gasteiger partial charge in [0.25, 0.3) is 0 Å². The maximum Gasteiger partial charge on any atom is 0.155 e. The summed E-state index contributed by atoms with van der Waals surface area (Å²) in [5.41, 5.74) is 0.799. The van der Waals surface area contributed by atoms with E-state index in [2.05, 4.69) is 0 Å². The van der Waals surface area contributed by atoms with Crippen LogP contribution in [0.4, 0.5) is 10.1 Å². The molecule has 0 amide bonds. The second-order valence-electron chi connectivity index (χ2n) is 4.24. The van der Waals surface area contributed by atoms with Gasteiger partial charge in [-0.15, -0.1) is 0 Å². The van der Waals surface area contributed by atoms with Crippen LogP contribution in [0.15, 0.2) is 18.2 Å². The molecule has 1 fully saturated rings. The summed E-state index contributed by atoms with van der Waals surface area (Å²) in [6.45, 7) is 1.45. The fourth-order valence-electron chi connectivity index (χ4n) is 2.22. The number of aldehydes is 1. The molecule has 4 heteroatoms. The highest BCUT2D eigenvalue weighted by atomic mass is 19.1. The van der Waals surface area contributed by atoms with Crippen molar-refractivity contribution in [2.45, 2.75) is 18.9 Å². The first kappa shape index (κ1) is 12.0. The first-order valence-electron chi connectivity index (χ1n) is 5.78. The lowest BCUT2D eigenvalue weighted by Crippen LogP contribution is -2.37. The highest BCUT2D eigenvalue weighted by Gasteiger charge is 2.21. The number of anilines is 1. The van der Waals surface area contributed by atoms with Gasteiger partial charge in [-0.05, 0) is 25.0 Å². The third-order valence-electron chi connectivity index (χ3n) is 3.27. The Kier molecular flexibility index (Phi) is 3.74. The quantitative estimate of drug-likeness (QED) is 0.755. The highest BCUT2D eigenvalue weighted by Crippen LogP contribution is 2.25. The monoisotopic (exact) mass is 237 g/mol. The van der Waals surface area contributed by atoms with Crippen molar-refractivity contribution in [2.24, 2.45) is 0 Å². The minimum atomic E-state index is -0.462. The van der Waals surface area contributed by atoms with Crippen molar-refractivity contribution >= 4 is 12.0 Å². The zero-order valence-corrected chi connectivity index (χ0v) is 9.86. The van der Waals surface area contributed by atoms with Gasteiger partial charge in [-0.25, -0.2) is 4.39 Å². The van der Waals surface area contributed by atoms with E-state index in [1.165, 1.54) is 6.07 Å². The van der Waals surface area contributed by atoms with Gasteiger partial charge in [-0.1, -0.05) is 6.07 Å². The van der Waals surface area contributed by atoms with Crippen molar-refractivity contribution < 1.29 is 13.9 Å². The maximum absolute atomic E-state index is 13.5. The Balaban J connectivity index is 2.26. The summed E-state index contributed by atoms with van der Waals surface area (Å²) in [6, 6.07) is 5.03. The zero-order chi connectivity index (χ0) is 12.3. The van der Waals surface area contributed by atoms with Gasteiger partial charge >= 0.3 is 0 Å². The standard InChI is InChI=1S/C13H16FNO2/c1-15(10-5-7-17-8-6-10)13-4-2-3-12(14)11(13)9-16/h2-4,9-10H,5-8H2,1H3. The molecule has 1 saturated heterocycles. The van der Waals surface area contributed by atoms with E-state index in [9.17, 15) is 9.18 Å². The molecule has 2 rings (SSSR count). The minimum absolute atomic E-state index is 0.140. The molecule has 1 heterocycles. The summed E-state index contributed by atoms with van der Waals surface area (Å²) in [5.74, 6) is -0.462. The molecule has 0 spiro atoms. The van der Waals surface area contributed by atoms with E-state index in [-0.39, 0.29) is 5.56 Å². The Morgan fingerprint density at radius 3 is 2.76 bits per heavy atom. The molecule has 0 bridgehead atoms. The summed E-state index contributed by atoms with van der Waals surface area (Å²) in [5, 5.41) is 0. The molecular formula is C13H16FNO2. The van der Waals surface area contributed by atoms with Gasteiger partial charge in [0.05, 0.1) is 11.3 Å². The van der Waals surface area contributed by atoms with Crippen molar-refractivity contribution in [1.29, 1.82) is 0 Å². The minimum Gasteiger partial charge on any atom is -0.381 e. The lowest BCUT2D eigenvalue weighted by Gasteiger charge is -2.33. The van der Waals surface area contributed by atoms with E-state index in [0.717, 1.165) is 26.1 Å². The molecule has 0 aliphatic carbocycles. The SMILES string of the molecule is CN(c1cccc(F)c1C=O)C1CCOCC1. The molecule has 1 aromatic rings. The van der Waals surface area contributed by atoms with Crippen LogP contribution in [0.5, 0.6) is 0 Å². The van der Waals surface area contributed by atoms with E-state index in [1.807, 2.05) is 11.9 Å². The van der Waals surface area contributed by atoms with Crippen molar-refractivity contribution in [3.05, 3.63) is 29.6 Å². The fraction of sp³-hybridized carbons (Fsp3) is 0.462. The molecule has 0 N–H and O–H groups in total. The van der Waals surface area contributed by atoms with Crippen molar-refractivity contribution in [3.8, 4) is 0 Å². The summed E-state index contributed by atoms with van der Waals surface area (Å²) in [4.78, 5) is 12.9. The van der Waals surface area contributed by atoms with E-state index < -0.39 is 5.82 Å². The molecule has 1 aliphatic heterocycles. The van der Waals surface area contributed by atoms with Crippen LogP contribution >= 0.6 is 0 Å². The van der Waals surface area contributed by atoms with Gasteiger partial charge < -0.3 is 9.64 Å². The molecule has 0 unspecified atom stereocenters. The van der Waals surface area contributed by atoms with Crippen LogP contribution in [0.1, 0.15) is 23.2 Å². The smallest absolute Gasteiger partial charge is 0.155 e. The largest absolute Gasteiger partial charge is 0.381 e. The molecule has 1 aromatic carbocycles. The molecule has 0 saturated carbocycles. The van der Waals surface area contributed by atoms with Crippen LogP contribution in [0.3, 0.4) is 0 Å². The first-order chi connectivity index (χ1) is 8.24. The Morgan fingerprint density at radius 2 is 2.12 bits per heavy atom. The summed E-state index contributed by atoms with van der Waals surface area (Å²) in [7, 11) is 1.90. The van der Waals surface area contributed by atoms with Gasteiger partial charge in [0, 0.05) is 26.3 Å². The van der Waals surface area contributed by atoms with E-state index >= 15 is 0 Å². The number of benzene rings is 1. The zero-order valence-electron chi connectivity index (χ0n) is 9.86. The van der Waals surface area contributed by atoms with E-state index in [1.54, 1.807) is 12.1 Å². The average molecular weight is 237 g/mol. The van der Waals surface area contributed by atoms with Gasteiger partial charge in [0.1, 0.15) is 5.82 Å². The Hall–Kier alpha value is -1.42. The number of carbonyl (C=O) groups excluding carboxylic acids is 1. The number of carbonyl (C=O) groups is 1. The topological polar surface area (TPSA) is 29.5 Å². The normalized spacial score (nSPS) is 16.8. The molecular weight excluding hydrogens is 221 g/mol. The molecule has 0 radical (unpaired) electrons. The van der Waals surface area contributed by atoms with Crippen molar-refractivity contribution in [3.63, 3.8) is 0 Å². The van der Waals surface area contributed by atoms with Crippen LogP contribution < -0.4 is 4.90 Å². The second-order valence-corrected chi connectivity index (χ2v) is 4.24. The molecule has 1 aliphatic rings. The average Bonchev–Trinajstić information content (AvgIpc) is 2.38. The summed E-state index contributed by atoms with van der Waals surface area (Å²) >= 11 is 0. The number of halogens is 1. The van der Waals surface area contributed by atoms with Crippen molar-refractivity contribution in [1.82, 2.24) is 0 Å². The summed E-state index contributed by atoms with van der Waals surface area (Å²) < 4.78 is 18.8. The number of nitrogens with zero attached hydrogens (tertiary/aromatic N) is 1. The predicted octanol–water partition coefficient (Wildman–Crippen LogP) is 2.25. The van der Waals surface area contributed by atoms with Crippen LogP contribution in [-0.4, -0.2) is 32.6 Å². The number of hydrogen-bond donors (Lipinski definition) is 0. The van der Waals surface area contributed by atoms with E-state index in [0.29, 0.717) is 18.0 Å². The van der Waals surface area contributed by atoms with Crippen LogP contribution in [-0.2, 0) is 4.74 Å². The third-order valence-corrected chi connectivity index (χ3v) is 3.27. The lowest BCUT2D eigenvalue weighted by molar-refractivity contribution is 0.0854. The van der Waals surface area contributed by atoms with Gasteiger partial charge in [-0.3, -0.25) is 4.79 Å². The van der Waals surface area contributed by atoms with Gasteiger partial charge in [0.15, 0.2) is 6.29 Å². The first-order valence-corrected chi connectivity index (χ1v) is 5.78. The highest BCUT2D eigenvalue weighted by molar-refractivity contribution is 5.85. The van der Waals surface area contributed by atoms with Gasteiger partial charge in [-0.2, -0.15) is 0 Å². The lowest BCUT2D eigenvalue weighted by atomic mass is 10.1. The number of hydrogen-bond acceptors (Lipinski definition) is 3. The summed E-state index contributed by atoms with van der Waals surface area (Å²) in [6.07, 6.45) is 2.40. The molecule has 17 heavy (non-hydrogen) atoms. The van der Waals surface area contributed by atoms with Gasteiger partial charge in [0.2, 0.25) is 0 Å². The van der Waals surface area contributed by atoms with Crippen LogP contribution in [0, 0.1) is 5.82 Å². The molecule has 3 nitrogen and oxygen atoms in total. The number of ether oxygens (including phenoxy) is 1. The second kappa shape index (κ2) is 5.27. The van der Waals surface area contributed by atoms with Crippen LogP contribution in [0.2, 0.25) is 0 Å². The van der Waals surface area contributed by atoms with E-state index in [4.69, 9.17) is 4.74 Å². The molecule has 0 atom stereocenters. The Morgan fingerprint density at radius 1 is 1.41 bits per heavy atom. The molecule has 92 valence electrons. The predicted molar refractivity (Wildman–Crippen MR) is 64.0 cm³/mol. The van der Waals surface area contributed by atoms with Crippen molar-refractivity contribution in [2.75, 3.05) is 25.2 Å². The third kappa shape index (κ3) is 2.47. The fourth-order valence-corrected chi connectivity index (χ4v) is 2.22. The molecule has 0 aromatic heterocycles. The van der Waals surface area contributed by atoms with Crippen LogP contribution in [0.25, 0.3) is 0 Å².